The Morgan fingerprint density at radius 2 is 0.914 bits per heavy atom. The Kier molecular flexibility index (Phi) is 29.6. The number of alkyl halides is 2. The summed E-state index contributed by atoms with van der Waals surface area (Å²) in [6, 6.07) is 17.6. The van der Waals surface area contributed by atoms with Crippen molar-refractivity contribution < 1.29 is 85.2 Å². The van der Waals surface area contributed by atoms with E-state index in [-0.39, 0.29) is 89.1 Å². The van der Waals surface area contributed by atoms with E-state index in [1.165, 1.54) is 33.4 Å². The number of aryl methyl sites for hydroxylation is 6. The minimum atomic E-state index is -1.25. The molecule has 21 heteroatoms. The summed E-state index contributed by atoms with van der Waals surface area (Å²) in [6.45, 7) is 23.4. The monoisotopic (exact) mass is 1290 g/mol. The van der Waals surface area contributed by atoms with Crippen molar-refractivity contribution in [1.82, 2.24) is 18.9 Å². The molecule has 0 spiro atoms. The van der Waals surface area contributed by atoms with Crippen LogP contribution in [0.4, 0.5) is 26.3 Å². The van der Waals surface area contributed by atoms with Gasteiger partial charge in [0, 0.05) is 88.5 Å². The van der Waals surface area contributed by atoms with Crippen molar-refractivity contribution in [3.8, 4) is 22.3 Å². The molecule has 2 fully saturated rings. The summed E-state index contributed by atoms with van der Waals surface area (Å²) >= 11 is 0. The van der Waals surface area contributed by atoms with Gasteiger partial charge in [-0.2, -0.15) is 0 Å². The van der Waals surface area contributed by atoms with Gasteiger partial charge in [0.05, 0.1) is 31.5 Å². The van der Waals surface area contributed by atoms with E-state index < -0.39 is 90.1 Å². The zero-order valence-electron chi connectivity index (χ0n) is 55.6. The predicted octanol–water partition coefficient (Wildman–Crippen LogP) is 9.92. The first-order valence-corrected chi connectivity index (χ1v) is 31.2. The van der Waals surface area contributed by atoms with Gasteiger partial charge in [-0.05, 0) is 188 Å². The Balaban J connectivity index is 0.000000384. The third-order valence-corrected chi connectivity index (χ3v) is 17.4. The molecule has 2 saturated heterocycles. The third-order valence-electron chi connectivity index (χ3n) is 17.4. The smallest absolute Gasteiger partial charge is 0.870 e. The van der Waals surface area contributed by atoms with Crippen LogP contribution in [0.2, 0.25) is 0 Å². The van der Waals surface area contributed by atoms with Crippen molar-refractivity contribution in [2.75, 3.05) is 45.9 Å². The van der Waals surface area contributed by atoms with E-state index >= 15 is 17.6 Å². The fourth-order valence-corrected chi connectivity index (χ4v) is 12.6. The summed E-state index contributed by atoms with van der Waals surface area (Å²) in [6.07, 6.45) is 1.91. The number of aromatic nitrogens is 2. The van der Waals surface area contributed by atoms with Crippen molar-refractivity contribution in [3.05, 3.63) is 185 Å². The first kappa shape index (κ1) is 78.5. The van der Waals surface area contributed by atoms with Crippen molar-refractivity contribution >= 4 is 23.5 Å². The molecule has 8 rings (SSSR count). The number of aliphatic carboxylic acids is 1. The van der Waals surface area contributed by atoms with Crippen molar-refractivity contribution in [1.29, 1.82) is 0 Å². The van der Waals surface area contributed by atoms with Crippen LogP contribution in [0.1, 0.15) is 153 Å². The molecule has 93 heavy (non-hydrogen) atoms. The first-order chi connectivity index (χ1) is 42.5. The van der Waals surface area contributed by atoms with E-state index in [2.05, 4.69) is 0 Å². The number of pyridine rings is 2. The molecule has 0 radical (unpaired) electrons. The molecule has 0 saturated carbocycles. The molecule has 0 amide bonds. The number of carboxylic acid groups (broad SMARTS) is 1. The standard InChI is InChI=1S/C37H45F3N2O4.C35H41F3N2O4.Li.2H2O/c1-7-46-35(45)18-27(30-15-28(16-31(39)37(30)40)36-23(4)9-8-10-24(36)5)17-33(43)32(13-22(2)3)42-19-26(25(6)14-34(42)44)11-12-41-20-29(38)21-41;1-20(2)11-30(40-17-24(23(5)12-32(40)42)9-10-39-18-27(36)19-39)31(41)15-25(16-33(43)44)28-13-26(14-29(37)35(28)38)34-21(3)7-6-8-22(34)4;;;/h8-10,14-16,19,22,27,29,32H,7,11-13,17-18,20-21H2,1-6H3;6-8,12-14,17,20,25,27,30H,9-11,15-16,18-19H2,1-5H3,(H,43,44);;2*1H2/q;;+1;;/p-1/t27-,32?;25-,30?;;;/m00.../s1. The van der Waals surface area contributed by atoms with E-state index in [1.54, 1.807) is 19.3 Å². The summed E-state index contributed by atoms with van der Waals surface area (Å²) in [5.74, 6) is -9.33. The number of hydrogen-bond donors (Lipinski definition) is 1. The third kappa shape index (κ3) is 20.3. The first-order valence-electron chi connectivity index (χ1n) is 31.2. The second-order valence-electron chi connectivity index (χ2n) is 25.6. The molecule has 6 aromatic rings. The SMILES string of the molecule is CCOC(=O)C[C@H](CC(=O)C(CC(C)C)n1cc(CCN2CC(F)C2)c(C)cc1=O)c1cc(-c2c(C)cccc2C)cc(F)c1F.Cc1cc(=O)n(C(CC(C)C)C(=O)C[C@@H](CC(=O)O)c2cc(-c3c(C)cccc3C)cc(F)c2F)cc1CCN1CC(F)C1.O.[Li+].[OH-]. The van der Waals surface area contributed by atoms with Crippen LogP contribution in [-0.4, -0.2) is 117 Å². The van der Waals surface area contributed by atoms with E-state index in [0.717, 1.165) is 62.2 Å². The largest absolute Gasteiger partial charge is 1.00 e. The Morgan fingerprint density at radius 3 is 1.24 bits per heavy atom. The van der Waals surface area contributed by atoms with Gasteiger partial charge in [0.2, 0.25) is 0 Å². The van der Waals surface area contributed by atoms with Crippen LogP contribution in [0.15, 0.2) is 94.8 Å². The van der Waals surface area contributed by atoms with Gasteiger partial charge in [0.25, 0.3) is 11.1 Å². The average Bonchev–Trinajstić information content (AvgIpc) is 0.807. The number of carboxylic acids is 1. The summed E-state index contributed by atoms with van der Waals surface area (Å²) < 4.78 is 95.9. The Labute approximate surface area is 553 Å². The van der Waals surface area contributed by atoms with Gasteiger partial charge >= 0.3 is 30.8 Å². The fourth-order valence-electron chi connectivity index (χ4n) is 12.6. The number of rotatable bonds is 27. The zero-order valence-corrected chi connectivity index (χ0v) is 55.6. The van der Waals surface area contributed by atoms with E-state index in [9.17, 15) is 42.7 Å². The fraction of sp³-hybridized carbons (Fsp3) is 0.472. The van der Waals surface area contributed by atoms with Gasteiger partial charge < -0.3 is 29.9 Å². The summed E-state index contributed by atoms with van der Waals surface area (Å²) in [4.78, 5) is 83.4. The molecule has 4 heterocycles. The maximum atomic E-state index is 15.6. The molecule has 2 aromatic heterocycles. The summed E-state index contributed by atoms with van der Waals surface area (Å²) in [5, 5.41) is 9.74. The molecule has 0 aliphatic carbocycles. The molecule has 2 aliphatic heterocycles. The minimum absolute atomic E-state index is 0. The maximum absolute atomic E-state index is 15.6. The predicted molar refractivity (Wildman–Crippen MR) is 344 cm³/mol. The number of nitrogens with zero attached hydrogens (tertiary/aromatic N) is 4. The van der Waals surface area contributed by atoms with Crippen LogP contribution in [0, 0.1) is 76.6 Å². The van der Waals surface area contributed by atoms with E-state index in [4.69, 9.17) is 4.74 Å². The van der Waals surface area contributed by atoms with Gasteiger partial charge in [0.15, 0.2) is 34.8 Å². The second-order valence-corrected chi connectivity index (χ2v) is 25.6. The van der Waals surface area contributed by atoms with Gasteiger partial charge in [-0.3, -0.25) is 38.6 Å². The number of ether oxygens (including phenoxy) is 1. The second kappa shape index (κ2) is 35.0. The molecule has 4 N–H and O–H groups in total. The van der Waals surface area contributed by atoms with Crippen LogP contribution in [0.25, 0.3) is 22.3 Å². The van der Waals surface area contributed by atoms with E-state index in [1.807, 2.05) is 115 Å². The van der Waals surface area contributed by atoms with Crippen LogP contribution in [0.5, 0.6) is 0 Å². The Hall–Kier alpha value is -6.92. The van der Waals surface area contributed by atoms with Crippen LogP contribution in [0.3, 0.4) is 0 Å². The van der Waals surface area contributed by atoms with Crippen molar-refractivity contribution in [3.63, 3.8) is 0 Å². The number of halogens is 6. The van der Waals surface area contributed by atoms with Crippen LogP contribution >= 0.6 is 0 Å². The van der Waals surface area contributed by atoms with Gasteiger partial charge in [-0.1, -0.05) is 64.1 Å². The maximum Gasteiger partial charge on any atom is 1.00 e. The number of benzene rings is 4. The summed E-state index contributed by atoms with van der Waals surface area (Å²) in [5.41, 5.74) is 8.05. The normalized spacial score (nSPS) is 14.7. The number of ketones is 2. The van der Waals surface area contributed by atoms with Gasteiger partial charge in [-0.25, -0.2) is 26.3 Å². The molecule has 500 valence electrons. The molecule has 2 unspecified atom stereocenters. The van der Waals surface area contributed by atoms with Crippen LogP contribution in [-0.2, 0) is 36.8 Å². The molecule has 4 aromatic carbocycles. The topological polar surface area (TPSA) is 210 Å². The zero-order chi connectivity index (χ0) is 66.0. The van der Waals surface area contributed by atoms with Crippen LogP contribution < -0.4 is 30.0 Å². The number of carbonyl (C=O) groups is 4. The van der Waals surface area contributed by atoms with Crippen molar-refractivity contribution in [2.24, 2.45) is 11.8 Å². The molecule has 2 aliphatic rings. The molecule has 14 nitrogen and oxygen atoms in total. The average molecular weight is 1290 g/mol. The van der Waals surface area contributed by atoms with Gasteiger partial charge in [0.1, 0.15) is 12.3 Å². The number of hydrogen-bond acceptors (Lipinski definition) is 10. The molecular weight excluding hydrogens is 1200 g/mol. The number of Topliss-reactive ketones (excluding diaryl/α,β-unsaturated/α-hetero) is 2. The molecule has 0 bridgehead atoms. The molecule has 4 atom stereocenters. The van der Waals surface area contributed by atoms with Gasteiger partial charge in [-0.15, -0.1) is 0 Å². The number of likely N-dealkylation sites (tertiary alicyclic amines) is 2. The number of carbonyl (C=O) groups excluding carboxylic acids is 3. The Bertz CT molecular complexity index is 3670. The Morgan fingerprint density at radius 1 is 0.559 bits per heavy atom. The minimum Gasteiger partial charge on any atom is -0.870 e. The van der Waals surface area contributed by atoms with Crippen molar-refractivity contribution in [2.45, 2.75) is 164 Å². The quantitative estimate of drug-likeness (QED) is 0.0291. The summed E-state index contributed by atoms with van der Waals surface area (Å²) in [7, 11) is 0. The van der Waals surface area contributed by atoms with E-state index in [0.29, 0.717) is 81.6 Å². The molecular formula is C72H89F6LiN4O10. The number of esters is 1.